The van der Waals surface area contributed by atoms with E-state index >= 15 is 0 Å². The molecule has 140 valence electrons. The number of rotatable bonds is 7. The van der Waals surface area contributed by atoms with Crippen molar-refractivity contribution in [1.82, 2.24) is 9.55 Å². The smallest absolute Gasteiger partial charge is 0.373 e. The fourth-order valence-electron chi connectivity index (χ4n) is 3.13. The minimum Gasteiger partial charge on any atom is -0.463 e. The zero-order valence-electron chi connectivity index (χ0n) is 14.7. The van der Waals surface area contributed by atoms with Crippen molar-refractivity contribution in [3.05, 3.63) is 45.4 Å². The number of aliphatic hydroxyl groups excluding tert-OH is 1. The molecule has 0 radical (unpaired) electrons. The van der Waals surface area contributed by atoms with Gasteiger partial charge in [0.2, 0.25) is 5.76 Å². The Labute approximate surface area is 155 Å². The Bertz CT molecular complexity index is 843. The maximum Gasteiger partial charge on any atom is 0.373 e. The molecule has 8 heteroatoms. The van der Waals surface area contributed by atoms with Crippen LogP contribution in [0.3, 0.4) is 0 Å². The van der Waals surface area contributed by atoms with Crippen LogP contribution in [-0.2, 0) is 29.9 Å². The molecule has 0 aromatic carbocycles. The molecule has 0 amide bonds. The Morgan fingerprint density at radius 2 is 2.19 bits per heavy atom. The number of ether oxygens (including phenoxy) is 1. The van der Waals surface area contributed by atoms with Gasteiger partial charge in [0.15, 0.2) is 0 Å². The second-order valence-electron chi connectivity index (χ2n) is 6.11. The number of esters is 1. The van der Waals surface area contributed by atoms with Gasteiger partial charge in [0.25, 0.3) is 0 Å². The van der Waals surface area contributed by atoms with Crippen LogP contribution in [0.2, 0.25) is 0 Å². The normalized spacial score (nSPS) is 13.5. The summed E-state index contributed by atoms with van der Waals surface area (Å²) in [7, 11) is 1.31. The number of aliphatic hydroxyl groups is 1. The highest BCUT2D eigenvalue weighted by atomic mass is 32.2. The first-order valence-electron chi connectivity index (χ1n) is 8.67. The maximum absolute atomic E-state index is 12.4. The third-order valence-electron chi connectivity index (χ3n) is 4.39. The number of fused-ring (bicyclic) bond motifs is 1. The van der Waals surface area contributed by atoms with E-state index in [1.165, 1.54) is 18.9 Å². The largest absolute Gasteiger partial charge is 0.463 e. The lowest BCUT2D eigenvalue weighted by Crippen LogP contribution is -2.30. The van der Waals surface area contributed by atoms with E-state index in [0.29, 0.717) is 24.5 Å². The van der Waals surface area contributed by atoms with E-state index in [1.807, 2.05) is 0 Å². The van der Waals surface area contributed by atoms with Crippen molar-refractivity contribution in [1.29, 1.82) is 0 Å². The Hall–Kier alpha value is -2.06. The molecule has 0 fully saturated rings. The van der Waals surface area contributed by atoms with Crippen LogP contribution < -0.4 is 5.69 Å². The molecule has 26 heavy (non-hydrogen) atoms. The number of carbonyl (C=O) groups is 1. The molecule has 1 N–H and O–H groups in total. The molecule has 2 aromatic heterocycles. The van der Waals surface area contributed by atoms with Crippen molar-refractivity contribution in [3.63, 3.8) is 0 Å². The first kappa shape index (κ1) is 18.7. The van der Waals surface area contributed by atoms with Crippen molar-refractivity contribution in [3.8, 4) is 0 Å². The Kier molecular flexibility index (Phi) is 6.16. The van der Waals surface area contributed by atoms with Crippen LogP contribution in [0, 0.1) is 0 Å². The van der Waals surface area contributed by atoms with Crippen molar-refractivity contribution in [2.45, 2.75) is 49.4 Å². The number of thioether (sulfide) groups is 1. The van der Waals surface area contributed by atoms with Gasteiger partial charge in [-0.15, -0.1) is 0 Å². The van der Waals surface area contributed by atoms with E-state index in [0.717, 1.165) is 42.0 Å². The zero-order chi connectivity index (χ0) is 18.5. The van der Waals surface area contributed by atoms with Crippen LogP contribution in [0.25, 0.3) is 0 Å². The molecule has 0 saturated carbocycles. The van der Waals surface area contributed by atoms with Crippen molar-refractivity contribution >= 4 is 17.7 Å². The number of carbonyl (C=O) groups excluding carboxylic acids is 1. The van der Waals surface area contributed by atoms with Crippen LogP contribution in [-0.4, -0.2) is 34.3 Å². The van der Waals surface area contributed by atoms with E-state index < -0.39 is 5.97 Å². The number of aromatic nitrogens is 2. The molecule has 0 saturated heterocycles. The summed E-state index contributed by atoms with van der Waals surface area (Å²) in [5.74, 6) is 0.767. The fourth-order valence-corrected chi connectivity index (χ4v) is 4.10. The number of nitrogens with zero attached hydrogens (tertiary/aromatic N) is 2. The van der Waals surface area contributed by atoms with Gasteiger partial charge in [-0.3, -0.25) is 4.57 Å². The molecular weight excluding hydrogens is 356 g/mol. The van der Waals surface area contributed by atoms with Gasteiger partial charge in [0, 0.05) is 24.4 Å². The monoisotopic (exact) mass is 378 g/mol. The average molecular weight is 378 g/mol. The summed E-state index contributed by atoms with van der Waals surface area (Å²) in [6, 6.07) is 3.31. The van der Waals surface area contributed by atoms with Gasteiger partial charge in [0.05, 0.1) is 12.9 Å². The summed E-state index contributed by atoms with van der Waals surface area (Å²) in [6.45, 7) is 0.551. The minimum atomic E-state index is -0.511. The molecule has 2 aromatic rings. The summed E-state index contributed by atoms with van der Waals surface area (Å²) in [4.78, 5) is 28.2. The third-order valence-corrected chi connectivity index (χ3v) is 5.43. The van der Waals surface area contributed by atoms with E-state index in [9.17, 15) is 9.59 Å². The molecule has 7 nitrogen and oxygen atoms in total. The molecule has 2 heterocycles. The van der Waals surface area contributed by atoms with E-state index in [1.54, 1.807) is 16.7 Å². The van der Waals surface area contributed by atoms with Crippen LogP contribution >= 0.6 is 11.8 Å². The first-order valence-corrected chi connectivity index (χ1v) is 9.66. The van der Waals surface area contributed by atoms with Crippen LogP contribution in [0.15, 0.2) is 26.4 Å². The number of furan rings is 1. The molecule has 0 aliphatic heterocycles. The van der Waals surface area contributed by atoms with Gasteiger partial charge in [0.1, 0.15) is 10.8 Å². The van der Waals surface area contributed by atoms with Gasteiger partial charge in [-0.1, -0.05) is 11.8 Å². The molecule has 1 aliphatic rings. The summed E-state index contributed by atoms with van der Waals surface area (Å²) in [6.07, 6.45) is 4.44. The second-order valence-corrected chi connectivity index (χ2v) is 7.07. The highest BCUT2D eigenvalue weighted by Gasteiger charge is 2.21. The fraction of sp³-hybridized carbons (Fsp3) is 0.500. The summed E-state index contributed by atoms with van der Waals surface area (Å²) < 4.78 is 11.8. The highest BCUT2D eigenvalue weighted by molar-refractivity contribution is 7.98. The van der Waals surface area contributed by atoms with Gasteiger partial charge in [-0.25, -0.2) is 9.59 Å². The lowest BCUT2D eigenvalue weighted by atomic mass is 9.97. The molecule has 3 rings (SSSR count). The van der Waals surface area contributed by atoms with Gasteiger partial charge >= 0.3 is 11.7 Å². The molecule has 0 unspecified atom stereocenters. The second kappa shape index (κ2) is 8.55. The molecule has 1 aliphatic carbocycles. The standard InChI is InChI=1S/C18H22N2O5S/c1-24-17(22)15-8-7-12(25-15)11-26-16-13-5-2-3-6-14(13)20(9-4-10-21)18(23)19-16/h7-8,21H,2-6,9-11H2,1H3. The number of methoxy groups -OCH3 is 1. The maximum atomic E-state index is 12.4. The minimum absolute atomic E-state index is 0.0543. The SMILES string of the molecule is COC(=O)c1ccc(CSc2nc(=O)n(CCCO)c3c2CCCC3)o1. The topological polar surface area (TPSA) is 94.6 Å². The van der Waals surface area contributed by atoms with Crippen LogP contribution in [0.5, 0.6) is 0 Å². The predicted molar refractivity (Wildman–Crippen MR) is 96.5 cm³/mol. The Morgan fingerprint density at radius 3 is 2.96 bits per heavy atom. The molecular formula is C18H22N2O5S. The van der Waals surface area contributed by atoms with Crippen LogP contribution in [0.4, 0.5) is 0 Å². The highest BCUT2D eigenvalue weighted by Crippen LogP contribution is 2.30. The lowest BCUT2D eigenvalue weighted by molar-refractivity contribution is 0.0563. The van der Waals surface area contributed by atoms with Gasteiger partial charge in [-0.05, 0) is 44.2 Å². The summed E-state index contributed by atoms with van der Waals surface area (Å²) >= 11 is 1.45. The number of hydrogen-bond acceptors (Lipinski definition) is 7. The summed E-state index contributed by atoms with van der Waals surface area (Å²) in [5.41, 5.74) is 1.90. The van der Waals surface area contributed by atoms with Crippen molar-refractivity contribution < 1.29 is 19.1 Å². The Morgan fingerprint density at radius 1 is 1.38 bits per heavy atom. The molecule has 0 bridgehead atoms. The first-order chi connectivity index (χ1) is 12.6. The number of hydrogen-bond donors (Lipinski definition) is 1. The zero-order valence-corrected chi connectivity index (χ0v) is 15.5. The predicted octanol–water partition coefficient (Wildman–Crippen LogP) is 2.18. The average Bonchev–Trinajstić information content (AvgIpc) is 3.14. The van der Waals surface area contributed by atoms with E-state index in [2.05, 4.69) is 9.72 Å². The lowest BCUT2D eigenvalue weighted by Gasteiger charge is -2.22. The van der Waals surface area contributed by atoms with Crippen LogP contribution in [0.1, 0.15) is 46.8 Å². The van der Waals surface area contributed by atoms with E-state index in [4.69, 9.17) is 9.52 Å². The summed E-state index contributed by atoms with van der Waals surface area (Å²) in [5, 5.41) is 9.80. The van der Waals surface area contributed by atoms with Gasteiger partial charge < -0.3 is 14.3 Å². The molecule has 0 spiro atoms. The third kappa shape index (κ3) is 4.02. The van der Waals surface area contributed by atoms with Crippen molar-refractivity contribution in [2.75, 3.05) is 13.7 Å². The quantitative estimate of drug-likeness (QED) is 0.448. The van der Waals surface area contributed by atoms with Gasteiger partial charge in [-0.2, -0.15) is 4.98 Å². The van der Waals surface area contributed by atoms with Crippen molar-refractivity contribution in [2.24, 2.45) is 0 Å². The Balaban J connectivity index is 1.81. The molecule has 0 atom stereocenters. The van der Waals surface area contributed by atoms with E-state index in [-0.39, 0.29) is 18.1 Å².